The largest absolute Gasteiger partial charge is 0.327 e. The van der Waals surface area contributed by atoms with Crippen molar-refractivity contribution in [2.24, 2.45) is 18.7 Å². The van der Waals surface area contributed by atoms with Crippen LogP contribution < -0.4 is 5.73 Å². The van der Waals surface area contributed by atoms with Gasteiger partial charge in [-0.3, -0.25) is 4.68 Å². The van der Waals surface area contributed by atoms with Crippen LogP contribution in [-0.2, 0) is 13.5 Å². The molecule has 0 amide bonds. The second-order valence-electron chi connectivity index (χ2n) is 4.86. The Morgan fingerprint density at radius 1 is 1.56 bits per heavy atom. The van der Waals surface area contributed by atoms with E-state index >= 15 is 0 Å². The Hall–Kier alpha value is -0.540. The molecular formula is C12H20ClN3. The number of nitrogens with two attached hydrogens (primary N) is 1. The van der Waals surface area contributed by atoms with Crippen LogP contribution in [0.5, 0.6) is 0 Å². The number of halogens is 1. The van der Waals surface area contributed by atoms with E-state index in [1.54, 1.807) is 0 Å². The number of aromatic nitrogens is 2. The fraction of sp³-hybridized carbons (Fsp3) is 0.750. The molecular weight excluding hydrogens is 222 g/mol. The van der Waals surface area contributed by atoms with Gasteiger partial charge in [-0.1, -0.05) is 11.6 Å². The van der Waals surface area contributed by atoms with Crippen molar-refractivity contribution in [1.82, 2.24) is 9.78 Å². The Bertz CT molecular complexity index is 369. The highest BCUT2D eigenvalue weighted by Gasteiger charge is 2.27. The van der Waals surface area contributed by atoms with Gasteiger partial charge >= 0.3 is 0 Å². The summed E-state index contributed by atoms with van der Waals surface area (Å²) in [5, 5.41) is 5.13. The standard InChI is InChI=1S/C12H20ClN3/c1-8-12(13)11(16(2)15-8)5-3-4-10(14)9-6-7-9/h9-10H,3-7,14H2,1-2H3. The van der Waals surface area contributed by atoms with E-state index in [2.05, 4.69) is 5.10 Å². The van der Waals surface area contributed by atoms with Crippen LogP contribution in [0.4, 0.5) is 0 Å². The van der Waals surface area contributed by atoms with E-state index in [9.17, 15) is 0 Å². The van der Waals surface area contributed by atoms with Crippen LogP contribution in [0.25, 0.3) is 0 Å². The fourth-order valence-corrected chi connectivity index (χ4v) is 2.47. The van der Waals surface area contributed by atoms with Crippen molar-refractivity contribution < 1.29 is 0 Å². The molecule has 0 spiro atoms. The Kier molecular flexibility index (Phi) is 3.55. The van der Waals surface area contributed by atoms with Crippen molar-refractivity contribution in [3.05, 3.63) is 16.4 Å². The van der Waals surface area contributed by atoms with Gasteiger partial charge in [0.15, 0.2) is 0 Å². The third-order valence-corrected chi connectivity index (χ3v) is 3.93. The maximum atomic E-state index is 6.19. The zero-order valence-corrected chi connectivity index (χ0v) is 10.8. The van der Waals surface area contributed by atoms with E-state index in [0.717, 1.165) is 41.6 Å². The lowest BCUT2D eigenvalue weighted by molar-refractivity contribution is 0.521. The second-order valence-corrected chi connectivity index (χ2v) is 5.24. The zero-order chi connectivity index (χ0) is 11.7. The fourth-order valence-electron chi connectivity index (χ4n) is 2.22. The van der Waals surface area contributed by atoms with Gasteiger partial charge in [0.1, 0.15) is 0 Å². The summed E-state index contributed by atoms with van der Waals surface area (Å²) in [5.74, 6) is 0.795. The van der Waals surface area contributed by atoms with E-state index in [0.29, 0.717) is 6.04 Å². The lowest BCUT2D eigenvalue weighted by Gasteiger charge is -2.09. The van der Waals surface area contributed by atoms with Crippen molar-refractivity contribution >= 4 is 11.6 Å². The van der Waals surface area contributed by atoms with E-state index in [-0.39, 0.29) is 0 Å². The molecule has 1 aliphatic carbocycles. The summed E-state index contributed by atoms with van der Waals surface area (Å²) in [6, 6.07) is 0.396. The molecule has 1 aliphatic rings. The van der Waals surface area contributed by atoms with Gasteiger partial charge in [0, 0.05) is 13.1 Å². The summed E-state index contributed by atoms with van der Waals surface area (Å²) >= 11 is 6.19. The summed E-state index contributed by atoms with van der Waals surface area (Å²) in [6.07, 6.45) is 5.84. The number of hydrogen-bond donors (Lipinski definition) is 1. The number of aryl methyl sites for hydroxylation is 2. The van der Waals surface area contributed by atoms with Crippen molar-refractivity contribution in [3.8, 4) is 0 Å². The van der Waals surface area contributed by atoms with Crippen molar-refractivity contribution in [2.75, 3.05) is 0 Å². The predicted octanol–water partition coefficient (Wildman–Crippen LogP) is 2.44. The minimum absolute atomic E-state index is 0.396. The summed E-state index contributed by atoms with van der Waals surface area (Å²) < 4.78 is 1.89. The van der Waals surface area contributed by atoms with E-state index in [4.69, 9.17) is 17.3 Å². The third-order valence-electron chi connectivity index (χ3n) is 3.44. The maximum Gasteiger partial charge on any atom is 0.0846 e. The molecule has 2 N–H and O–H groups in total. The average molecular weight is 242 g/mol. The molecule has 1 aromatic rings. The molecule has 0 aromatic carbocycles. The second kappa shape index (κ2) is 4.76. The van der Waals surface area contributed by atoms with Crippen LogP contribution in [0.3, 0.4) is 0 Å². The smallest absolute Gasteiger partial charge is 0.0846 e. The number of nitrogens with zero attached hydrogens (tertiary/aromatic N) is 2. The van der Waals surface area contributed by atoms with Crippen molar-refractivity contribution in [2.45, 2.75) is 45.1 Å². The van der Waals surface area contributed by atoms with Gasteiger partial charge in [-0.15, -0.1) is 0 Å². The van der Waals surface area contributed by atoms with Crippen LogP contribution in [-0.4, -0.2) is 15.8 Å². The van der Waals surface area contributed by atoms with Crippen molar-refractivity contribution in [3.63, 3.8) is 0 Å². The minimum atomic E-state index is 0.396. The highest BCUT2D eigenvalue weighted by atomic mass is 35.5. The quantitative estimate of drug-likeness (QED) is 0.861. The molecule has 1 fully saturated rings. The Balaban J connectivity index is 1.84. The van der Waals surface area contributed by atoms with Crippen molar-refractivity contribution in [1.29, 1.82) is 0 Å². The van der Waals surface area contributed by atoms with Gasteiger partial charge in [-0.05, 0) is 44.9 Å². The van der Waals surface area contributed by atoms with Gasteiger partial charge in [-0.25, -0.2) is 0 Å². The Labute approximate surface area is 102 Å². The molecule has 3 nitrogen and oxygen atoms in total. The summed E-state index contributed by atoms with van der Waals surface area (Å²) in [4.78, 5) is 0. The van der Waals surface area contributed by atoms with Crippen LogP contribution in [0, 0.1) is 12.8 Å². The van der Waals surface area contributed by atoms with Gasteiger partial charge in [0.2, 0.25) is 0 Å². The van der Waals surface area contributed by atoms with E-state index < -0.39 is 0 Å². The summed E-state index contributed by atoms with van der Waals surface area (Å²) in [6.45, 7) is 1.95. The van der Waals surface area contributed by atoms with E-state index in [1.807, 2.05) is 18.7 Å². The molecule has 1 saturated carbocycles. The lowest BCUT2D eigenvalue weighted by Crippen LogP contribution is -2.22. The normalized spacial score (nSPS) is 17.8. The first-order valence-electron chi connectivity index (χ1n) is 6.03. The minimum Gasteiger partial charge on any atom is -0.327 e. The first-order valence-corrected chi connectivity index (χ1v) is 6.41. The van der Waals surface area contributed by atoms with Gasteiger partial charge in [0.25, 0.3) is 0 Å². The molecule has 2 rings (SSSR count). The SMILES string of the molecule is Cc1nn(C)c(CCCC(N)C2CC2)c1Cl. The van der Waals surface area contributed by atoms with Gasteiger partial charge in [0.05, 0.1) is 16.4 Å². The molecule has 0 radical (unpaired) electrons. The molecule has 0 saturated heterocycles. The number of rotatable bonds is 5. The molecule has 1 aromatic heterocycles. The summed E-state index contributed by atoms with van der Waals surface area (Å²) in [5.41, 5.74) is 8.13. The highest BCUT2D eigenvalue weighted by molar-refractivity contribution is 6.31. The molecule has 0 bridgehead atoms. The first-order chi connectivity index (χ1) is 7.59. The average Bonchev–Trinajstić information content (AvgIpc) is 3.02. The maximum absolute atomic E-state index is 6.19. The van der Waals surface area contributed by atoms with Gasteiger partial charge in [-0.2, -0.15) is 5.10 Å². The molecule has 0 aliphatic heterocycles. The van der Waals surface area contributed by atoms with Crippen LogP contribution in [0.1, 0.15) is 37.1 Å². The molecule has 1 atom stereocenters. The first kappa shape index (κ1) is 11.9. The predicted molar refractivity (Wildman–Crippen MR) is 66.6 cm³/mol. The van der Waals surface area contributed by atoms with Gasteiger partial charge < -0.3 is 5.73 Å². The molecule has 90 valence electrons. The topological polar surface area (TPSA) is 43.8 Å². The lowest BCUT2D eigenvalue weighted by atomic mass is 10.1. The Morgan fingerprint density at radius 3 is 2.75 bits per heavy atom. The molecule has 1 unspecified atom stereocenters. The Morgan fingerprint density at radius 2 is 2.25 bits per heavy atom. The molecule has 1 heterocycles. The summed E-state index contributed by atoms with van der Waals surface area (Å²) in [7, 11) is 1.95. The third kappa shape index (κ3) is 2.58. The van der Waals surface area contributed by atoms with Crippen LogP contribution >= 0.6 is 11.6 Å². The van der Waals surface area contributed by atoms with Crippen LogP contribution in [0.15, 0.2) is 0 Å². The van der Waals surface area contributed by atoms with Crippen LogP contribution in [0.2, 0.25) is 5.02 Å². The molecule has 4 heteroatoms. The van der Waals surface area contributed by atoms with E-state index in [1.165, 1.54) is 12.8 Å². The number of hydrogen-bond acceptors (Lipinski definition) is 2. The monoisotopic (exact) mass is 241 g/mol. The highest BCUT2D eigenvalue weighted by Crippen LogP contribution is 2.33. The molecule has 16 heavy (non-hydrogen) atoms. The zero-order valence-electron chi connectivity index (χ0n) is 10.0.